The van der Waals surface area contributed by atoms with Crippen molar-refractivity contribution in [3.63, 3.8) is 0 Å². The summed E-state index contributed by atoms with van der Waals surface area (Å²) >= 11 is 0. The molecule has 2 aliphatic carbocycles. The van der Waals surface area contributed by atoms with Crippen molar-refractivity contribution in [1.82, 2.24) is 5.06 Å². The van der Waals surface area contributed by atoms with Gasteiger partial charge in [0, 0.05) is 25.4 Å². The minimum atomic E-state index is -2.91. The van der Waals surface area contributed by atoms with Crippen LogP contribution in [0.3, 0.4) is 0 Å². The molecule has 130 valence electrons. The third-order valence-electron chi connectivity index (χ3n) is 5.48. The fourth-order valence-electron chi connectivity index (χ4n) is 4.90. The van der Waals surface area contributed by atoms with Crippen LogP contribution in [0.2, 0.25) is 5.54 Å². The van der Waals surface area contributed by atoms with Gasteiger partial charge in [0.05, 0.1) is 11.8 Å². The van der Waals surface area contributed by atoms with Gasteiger partial charge >= 0.3 is 8.80 Å². The summed E-state index contributed by atoms with van der Waals surface area (Å²) in [5, 5.41) is 10.0. The zero-order chi connectivity index (χ0) is 16.8. The minimum absolute atomic E-state index is 0.00471. The van der Waals surface area contributed by atoms with Crippen LogP contribution in [0.25, 0.3) is 0 Å². The van der Waals surface area contributed by atoms with Crippen molar-refractivity contribution in [1.29, 1.82) is 0 Å². The summed E-state index contributed by atoms with van der Waals surface area (Å²) in [6.45, 7) is 7.22. The Bertz CT molecular complexity index is 483. The fourth-order valence-corrected chi connectivity index (χ4v) is 8.46. The van der Waals surface area contributed by atoms with Crippen molar-refractivity contribution < 1.29 is 28.1 Å². The molecule has 2 bridgehead atoms. The van der Waals surface area contributed by atoms with Gasteiger partial charge in [-0.1, -0.05) is 0 Å². The summed E-state index contributed by atoms with van der Waals surface area (Å²) in [4.78, 5) is 24.4. The quantitative estimate of drug-likeness (QED) is 0.428. The molecule has 1 heterocycles. The van der Waals surface area contributed by atoms with Gasteiger partial charge in [0.15, 0.2) is 0 Å². The highest BCUT2D eigenvalue weighted by Gasteiger charge is 2.69. The summed E-state index contributed by atoms with van der Waals surface area (Å²) in [6.07, 6.45) is 1.58. The van der Waals surface area contributed by atoms with E-state index in [9.17, 15) is 14.8 Å². The van der Waals surface area contributed by atoms with E-state index in [2.05, 4.69) is 0 Å². The van der Waals surface area contributed by atoms with Crippen LogP contribution in [0.1, 0.15) is 33.6 Å². The normalized spacial score (nSPS) is 36.2. The summed E-state index contributed by atoms with van der Waals surface area (Å²) in [5.41, 5.74) is 0.0249. The van der Waals surface area contributed by atoms with Crippen LogP contribution in [0.5, 0.6) is 0 Å². The van der Waals surface area contributed by atoms with Gasteiger partial charge in [0.1, 0.15) is 0 Å². The van der Waals surface area contributed by atoms with Gasteiger partial charge in [0.2, 0.25) is 0 Å². The van der Waals surface area contributed by atoms with E-state index in [1.807, 2.05) is 20.8 Å². The van der Waals surface area contributed by atoms with E-state index in [1.165, 1.54) is 0 Å². The molecule has 8 heteroatoms. The molecule has 0 radical (unpaired) electrons. The molecule has 5 atom stereocenters. The van der Waals surface area contributed by atoms with Crippen LogP contribution in [-0.2, 0) is 22.9 Å². The number of imide groups is 1. The van der Waals surface area contributed by atoms with Crippen LogP contribution in [0.4, 0.5) is 0 Å². The van der Waals surface area contributed by atoms with E-state index in [-0.39, 0.29) is 23.3 Å². The molecule has 2 saturated carbocycles. The second-order valence-electron chi connectivity index (χ2n) is 6.44. The molecule has 0 aromatic heterocycles. The van der Waals surface area contributed by atoms with Crippen molar-refractivity contribution in [2.24, 2.45) is 23.7 Å². The molecule has 7 nitrogen and oxygen atoms in total. The molecular weight excluding hydrogens is 318 g/mol. The Hall–Kier alpha value is -0.803. The van der Waals surface area contributed by atoms with Crippen molar-refractivity contribution in [2.45, 2.75) is 39.2 Å². The zero-order valence-corrected chi connectivity index (χ0v) is 14.9. The second-order valence-corrected chi connectivity index (χ2v) is 9.26. The van der Waals surface area contributed by atoms with Crippen LogP contribution in [0.15, 0.2) is 0 Å². The Balaban J connectivity index is 1.90. The summed E-state index contributed by atoms with van der Waals surface area (Å²) < 4.78 is 18.0. The lowest BCUT2D eigenvalue weighted by Gasteiger charge is -2.39. The van der Waals surface area contributed by atoms with Crippen LogP contribution >= 0.6 is 0 Å². The molecule has 3 rings (SSSR count). The highest BCUT2D eigenvalue weighted by atomic mass is 28.4. The van der Waals surface area contributed by atoms with Crippen molar-refractivity contribution in [2.75, 3.05) is 19.8 Å². The van der Waals surface area contributed by atoms with Gasteiger partial charge < -0.3 is 13.3 Å². The first kappa shape index (κ1) is 17.0. The number of carbonyl (C=O) groups is 2. The maximum absolute atomic E-state index is 12.3. The zero-order valence-electron chi connectivity index (χ0n) is 13.9. The van der Waals surface area contributed by atoms with Gasteiger partial charge in [-0.25, -0.2) is 0 Å². The number of nitrogens with zero attached hydrogens (tertiary/aromatic N) is 1. The minimum Gasteiger partial charge on any atom is -0.374 e. The van der Waals surface area contributed by atoms with Crippen LogP contribution in [0, 0.1) is 23.7 Å². The first-order valence-corrected chi connectivity index (χ1v) is 10.3. The van der Waals surface area contributed by atoms with Gasteiger partial charge in [-0.2, -0.15) is 5.06 Å². The second kappa shape index (κ2) is 6.25. The molecule has 0 aromatic rings. The molecule has 2 amide bonds. The highest BCUT2D eigenvalue weighted by Crippen LogP contribution is 2.63. The number of amides is 2. The lowest BCUT2D eigenvalue weighted by atomic mass is 9.81. The lowest BCUT2D eigenvalue weighted by Crippen LogP contribution is -2.53. The van der Waals surface area contributed by atoms with Gasteiger partial charge in [0.25, 0.3) is 11.8 Å². The highest BCUT2D eigenvalue weighted by molar-refractivity contribution is 6.62. The predicted molar refractivity (Wildman–Crippen MR) is 81.2 cm³/mol. The van der Waals surface area contributed by atoms with E-state index in [0.29, 0.717) is 24.9 Å². The number of fused-ring (bicyclic) bond motifs is 5. The fraction of sp³-hybridized carbons (Fsp3) is 0.867. The molecule has 23 heavy (non-hydrogen) atoms. The third-order valence-corrected chi connectivity index (χ3v) is 9.13. The third kappa shape index (κ3) is 2.39. The van der Waals surface area contributed by atoms with Crippen LogP contribution in [-0.4, -0.2) is 50.7 Å². The predicted octanol–water partition coefficient (Wildman–Crippen LogP) is 1.44. The Morgan fingerprint density at radius 2 is 1.52 bits per heavy atom. The molecule has 3 fully saturated rings. The average Bonchev–Trinajstić information content (AvgIpc) is 3.17. The maximum Gasteiger partial charge on any atom is 0.504 e. The van der Waals surface area contributed by atoms with E-state index >= 15 is 0 Å². The molecule has 1 aliphatic heterocycles. The summed E-state index contributed by atoms with van der Waals surface area (Å²) in [6, 6.07) is 0. The molecule has 5 unspecified atom stereocenters. The Kier molecular flexibility index (Phi) is 4.63. The first-order valence-electron chi connectivity index (χ1n) is 8.49. The van der Waals surface area contributed by atoms with E-state index < -0.39 is 26.5 Å². The van der Waals surface area contributed by atoms with Crippen molar-refractivity contribution >= 4 is 20.6 Å². The van der Waals surface area contributed by atoms with Crippen molar-refractivity contribution in [3.05, 3.63) is 0 Å². The monoisotopic (exact) mass is 343 g/mol. The van der Waals surface area contributed by atoms with Gasteiger partial charge in [-0.15, -0.1) is 0 Å². The molecule has 1 saturated heterocycles. The smallest absolute Gasteiger partial charge is 0.374 e. The molecular formula is C15H25NO6Si. The standard InChI is InChI=1S/C15H25NO6Si/c1-4-20-23(21-5-2,22-6-3)11-8-9-7-10(11)13-12(9)14(17)16(19)15(13)18/h9-13,19H,4-8H2,1-3H3. The molecule has 1 N–H and O–H groups in total. The molecule has 3 aliphatic rings. The largest absolute Gasteiger partial charge is 0.504 e. The number of rotatable bonds is 7. The number of hydroxylamine groups is 2. The van der Waals surface area contributed by atoms with E-state index in [0.717, 1.165) is 12.8 Å². The maximum atomic E-state index is 12.3. The first-order chi connectivity index (χ1) is 11.0. The SMILES string of the molecule is CCO[Si](OCC)(OCC)C1CC2CC1C1C(=O)N(O)C(=O)C21. The number of carbonyl (C=O) groups excluding carboxylic acids is 2. The summed E-state index contributed by atoms with van der Waals surface area (Å²) in [7, 11) is -2.91. The Labute approximate surface area is 137 Å². The Morgan fingerprint density at radius 3 is 2.04 bits per heavy atom. The van der Waals surface area contributed by atoms with E-state index in [1.54, 1.807) is 0 Å². The number of hydrogen-bond donors (Lipinski definition) is 1. The van der Waals surface area contributed by atoms with Crippen LogP contribution < -0.4 is 0 Å². The summed E-state index contributed by atoms with van der Waals surface area (Å²) in [5.74, 6) is -1.62. The number of hydrogen-bond acceptors (Lipinski definition) is 6. The van der Waals surface area contributed by atoms with Crippen molar-refractivity contribution in [3.8, 4) is 0 Å². The molecule has 0 spiro atoms. The molecule has 0 aromatic carbocycles. The van der Waals surface area contributed by atoms with Gasteiger partial charge in [-0.3, -0.25) is 14.8 Å². The lowest BCUT2D eigenvalue weighted by molar-refractivity contribution is -0.174. The average molecular weight is 343 g/mol. The Morgan fingerprint density at radius 1 is 1.00 bits per heavy atom. The van der Waals surface area contributed by atoms with Gasteiger partial charge in [-0.05, 0) is 45.4 Å². The van der Waals surface area contributed by atoms with E-state index in [4.69, 9.17) is 13.3 Å². The topological polar surface area (TPSA) is 85.3 Å².